The number of halogens is 10. The van der Waals surface area contributed by atoms with Crippen molar-refractivity contribution in [2.45, 2.75) is 51.4 Å². The Labute approximate surface area is 327 Å². The summed E-state index contributed by atoms with van der Waals surface area (Å²) in [6.07, 6.45) is -9.68. The largest absolute Gasteiger partial charge is 0.436 e. The van der Waals surface area contributed by atoms with Crippen molar-refractivity contribution in [2.24, 2.45) is 0 Å². The minimum absolute atomic E-state index is 0.0237. The second-order valence-electron chi connectivity index (χ2n) is 13.3. The first-order valence-corrected chi connectivity index (χ1v) is 18.6. The van der Waals surface area contributed by atoms with Gasteiger partial charge in [-0.1, -0.05) is 58.5 Å². The normalized spacial score (nSPS) is 17.6. The molecule has 0 spiro atoms. The number of carbonyl (C=O) groups excluding carboxylic acids is 1. The molecule has 2 aliphatic heterocycles. The van der Waals surface area contributed by atoms with Crippen LogP contribution in [0.5, 0.6) is 0 Å². The number of nitrogens with zero attached hydrogens (tertiary/aromatic N) is 8. The molecule has 2 fully saturated rings. The number of ketones is 1. The van der Waals surface area contributed by atoms with E-state index in [0.717, 1.165) is 20.7 Å². The lowest BCUT2D eigenvalue weighted by atomic mass is 9.99. The van der Waals surface area contributed by atoms with E-state index in [1.807, 2.05) is 46.2 Å². The van der Waals surface area contributed by atoms with Crippen molar-refractivity contribution >= 4 is 63.6 Å². The summed E-state index contributed by atoms with van der Waals surface area (Å²) in [5.74, 6) is -0.415. The smallest absolute Gasteiger partial charge is 0.369 e. The molecule has 0 N–H and O–H groups in total. The zero-order valence-corrected chi connectivity index (χ0v) is 32.1. The average Bonchev–Trinajstić information content (AvgIpc) is 3.58. The molecule has 0 aliphatic carbocycles. The average molecular weight is 841 g/mol. The van der Waals surface area contributed by atoms with Gasteiger partial charge in [-0.05, 0) is 50.2 Å². The van der Waals surface area contributed by atoms with Crippen LogP contribution in [0.2, 0.25) is 20.1 Å². The molecular weight excluding hydrogens is 804 g/mol. The van der Waals surface area contributed by atoms with E-state index in [4.69, 9.17) is 46.4 Å². The molecule has 6 rings (SSSR count). The van der Waals surface area contributed by atoms with Crippen LogP contribution in [-0.4, -0.2) is 99.6 Å². The lowest BCUT2D eigenvalue weighted by Gasteiger charge is -2.43. The van der Waals surface area contributed by atoms with Crippen LogP contribution in [0.1, 0.15) is 22.8 Å². The van der Waals surface area contributed by atoms with E-state index in [0.29, 0.717) is 62.4 Å². The highest BCUT2D eigenvalue weighted by atomic mass is 35.5. The van der Waals surface area contributed by atoms with Crippen LogP contribution in [0.15, 0.2) is 48.5 Å². The van der Waals surface area contributed by atoms with E-state index in [-0.39, 0.29) is 24.5 Å². The Morgan fingerprint density at radius 1 is 0.630 bits per heavy atom. The Kier molecular flexibility index (Phi) is 12.1. The van der Waals surface area contributed by atoms with Gasteiger partial charge in [-0.3, -0.25) is 24.0 Å². The highest BCUT2D eigenvalue weighted by Gasteiger charge is 2.43. The molecule has 4 heterocycles. The van der Waals surface area contributed by atoms with Crippen molar-refractivity contribution in [3.63, 3.8) is 0 Å². The van der Waals surface area contributed by atoms with Gasteiger partial charge in [-0.2, -0.15) is 36.5 Å². The first-order chi connectivity index (χ1) is 25.4. The number of anilines is 2. The predicted molar refractivity (Wildman–Crippen MR) is 197 cm³/mol. The number of aromatic nitrogens is 4. The van der Waals surface area contributed by atoms with Crippen molar-refractivity contribution in [1.82, 2.24) is 29.4 Å². The highest BCUT2D eigenvalue weighted by molar-refractivity contribution is 6.32. The topological polar surface area (TPSA) is 65.7 Å². The van der Waals surface area contributed by atoms with Crippen molar-refractivity contribution in [3.05, 3.63) is 91.4 Å². The lowest BCUT2D eigenvalue weighted by molar-refractivity contribution is -0.142. The molecule has 2 atom stereocenters. The summed E-state index contributed by atoms with van der Waals surface area (Å²) in [5, 5.41) is 7.55. The second kappa shape index (κ2) is 16.1. The van der Waals surface area contributed by atoms with Crippen LogP contribution in [0.4, 0.5) is 37.7 Å². The Hall–Kier alpha value is -3.21. The first kappa shape index (κ1) is 40.5. The maximum atomic E-state index is 15.1. The molecule has 0 saturated carbocycles. The van der Waals surface area contributed by atoms with Gasteiger partial charge in [0.15, 0.2) is 17.2 Å². The molecule has 2 aromatic carbocycles. The number of alkyl halides is 6. The van der Waals surface area contributed by atoms with Gasteiger partial charge >= 0.3 is 12.4 Å². The number of carbonyl (C=O) groups is 1. The van der Waals surface area contributed by atoms with Crippen LogP contribution in [0.3, 0.4) is 0 Å². The van der Waals surface area contributed by atoms with Gasteiger partial charge in [0.25, 0.3) is 0 Å². The minimum atomic E-state index is -4.84. The molecule has 0 amide bonds. The van der Waals surface area contributed by atoms with Crippen molar-refractivity contribution in [1.29, 1.82) is 0 Å². The standard InChI is InChI=1S/C35H36Cl4F6N8O/c1-21-29(38)32(34(40,41)42)46-52(21)19-27(50-13-9-48(10-14-50)25-7-3-5-23(36)17-25)31(54)28(20-53-22(2)30(39)33(47-53)35(43,44)45)51-15-11-49(12-16-51)26-8-4-6-24(37)18-26/h3-8,17-18,27-28H,9-16,19-20H2,1-2H3. The summed E-state index contributed by atoms with van der Waals surface area (Å²) < 4.78 is 85.6. The molecule has 0 radical (unpaired) electrons. The van der Waals surface area contributed by atoms with Gasteiger partial charge in [0, 0.05) is 73.8 Å². The first-order valence-electron chi connectivity index (χ1n) is 17.1. The molecule has 19 heteroatoms. The molecule has 9 nitrogen and oxygen atoms in total. The van der Waals surface area contributed by atoms with E-state index >= 15 is 4.79 Å². The summed E-state index contributed by atoms with van der Waals surface area (Å²) in [5.41, 5.74) is -0.748. The van der Waals surface area contributed by atoms with E-state index in [1.165, 1.54) is 13.8 Å². The fourth-order valence-electron chi connectivity index (χ4n) is 7.02. The van der Waals surface area contributed by atoms with Crippen LogP contribution in [0.25, 0.3) is 0 Å². The van der Waals surface area contributed by atoms with Gasteiger partial charge in [-0.15, -0.1) is 0 Å². The Balaban J connectivity index is 1.35. The summed E-state index contributed by atoms with van der Waals surface area (Å²) in [6, 6.07) is 12.5. The Morgan fingerprint density at radius 2 is 0.981 bits per heavy atom. The second-order valence-corrected chi connectivity index (χ2v) is 14.9. The quantitative estimate of drug-likeness (QED) is 0.150. The molecular formula is C35H36Cl4F6N8O. The van der Waals surface area contributed by atoms with Gasteiger partial charge < -0.3 is 9.80 Å². The Morgan fingerprint density at radius 3 is 1.28 bits per heavy atom. The zero-order valence-electron chi connectivity index (χ0n) is 29.1. The molecule has 4 aromatic rings. The number of hydrogen-bond donors (Lipinski definition) is 0. The monoisotopic (exact) mass is 838 g/mol. The van der Waals surface area contributed by atoms with Gasteiger partial charge in [0.05, 0.1) is 46.6 Å². The highest BCUT2D eigenvalue weighted by Crippen LogP contribution is 2.37. The molecule has 2 saturated heterocycles. The molecule has 2 aliphatic rings. The zero-order chi connectivity index (χ0) is 39.1. The van der Waals surface area contributed by atoms with Gasteiger partial charge in [0.2, 0.25) is 0 Å². The molecule has 2 unspecified atom stereocenters. The predicted octanol–water partition coefficient (Wildman–Crippen LogP) is 8.00. The van der Waals surface area contributed by atoms with Gasteiger partial charge in [-0.25, -0.2) is 0 Å². The fraction of sp³-hybridized carbons (Fsp3) is 0.457. The van der Waals surface area contributed by atoms with E-state index in [1.54, 1.807) is 12.1 Å². The third kappa shape index (κ3) is 8.76. The number of piperazine rings is 2. The van der Waals surface area contributed by atoms with Crippen LogP contribution in [-0.2, 0) is 30.2 Å². The number of hydrogen-bond acceptors (Lipinski definition) is 7. The van der Waals surface area contributed by atoms with E-state index < -0.39 is 51.7 Å². The molecule has 0 bridgehead atoms. The number of benzene rings is 2. The summed E-state index contributed by atoms with van der Waals surface area (Å²) in [4.78, 5) is 23.0. The van der Waals surface area contributed by atoms with Crippen LogP contribution in [0, 0.1) is 13.8 Å². The van der Waals surface area contributed by atoms with E-state index in [9.17, 15) is 26.3 Å². The molecule has 292 valence electrons. The fourth-order valence-corrected chi connectivity index (χ4v) is 7.87. The van der Waals surface area contributed by atoms with Crippen LogP contribution < -0.4 is 9.80 Å². The number of Topliss-reactive ketones (excluding diaryl/α,β-unsaturated/α-hetero) is 1. The minimum Gasteiger partial charge on any atom is -0.369 e. The van der Waals surface area contributed by atoms with Gasteiger partial charge in [0.1, 0.15) is 0 Å². The third-order valence-corrected chi connectivity index (χ3v) is 11.4. The van der Waals surface area contributed by atoms with Crippen molar-refractivity contribution in [2.75, 3.05) is 62.2 Å². The SMILES string of the molecule is Cc1c(Cl)c(C(F)(F)F)nn1CC(C(=O)C(Cn1nc(C(F)(F)F)c(Cl)c1C)N1CCN(c2cccc(Cl)c2)CC1)N1CCN(c2cccc(Cl)c2)CC1. The van der Waals surface area contributed by atoms with Crippen molar-refractivity contribution in [3.8, 4) is 0 Å². The molecule has 54 heavy (non-hydrogen) atoms. The summed E-state index contributed by atoms with van der Waals surface area (Å²) in [6.45, 7) is 5.40. The van der Waals surface area contributed by atoms with E-state index in [2.05, 4.69) is 20.0 Å². The maximum absolute atomic E-state index is 15.1. The lowest BCUT2D eigenvalue weighted by Crippen LogP contribution is -2.61. The number of rotatable bonds is 10. The molecule has 2 aromatic heterocycles. The van der Waals surface area contributed by atoms with Crippen LogP contribution >= 0.6 is 46.4 Å². The summed E-state index contributed by atoms with van der Waals surface area (Å²) in [7, 11) is 0. The maximum Gasteiger partial charge on any atom is 0.436 e. The third-order valence-electron chi connectivity index (χ3n) is 10.0. The summed E-state index contributed by atoms with van der Waals surface area (Å²) >= 11 is 24.7. The van der Waals surface area contributed by atoms with Crippen molar-refractivity contribution < 1.29 is 31.1 Å². The Bertz CT molecular complexity index is 1830.